The minimum Gasteiger partial charge on any atom is -0.497 e. The molecule has 1 aromatic rings. The van der Waals surface area contributed by atoms with E-state index in [0.29, 0.717) is 19.1 Å². The van der Waals surface area contributed by atoms with Gasteiger partial charge in [0, 0.05) is 13.5 Å². The molecule has 0 bridgehead atoms. The van der Waals surface area contributed by atoms with Crippen molar-refractivity contribution in [2.45, 2.75) is 45.7 Å². The number of methoxy groups -OCH3 is 2. The third-order valence-corrected chi connectivity index (χ3v) is 4.25. The molecule has 1 aromatic carbocycles. The summed E-state index contributed by atoms with van der Waals surface area (Å²) < 4.78 is 22.0. The van der Waals surface area contributed by atoms with Crippen LogP contribution in [0.2, 0.25) is 0 Å². The number of ether oxygens (including phenoxy) is 4. The molecule has 4 heteroatoms. The fourth-order valence-corrected chi connectivity index (χ4v) is 2.89. The van der Waals surface area contributed by atoms with E-state index in [-0.39, 0.29) is 12.4 Å². The van der Waals surface area contributed by atoms with E-state index in [0.717, 1.165) is 24.2 Å². The Morgan fingerprint density at radius 2 is 2.00 bits per heavy atom. The van der Waals surface area contributed by atoms with Crippen LogP contribution in [0.5, 0.6) is 5.75 Å². The zero-order valence-electron chi connectivity index (χ0n) is 14.6. The third kappa shape index (κ3) is 5.34. The number of rotatable bonds is 8. The first-order valence-corrected chi connectivity index (χ1v) is 8.19. The summed E-state index contributed by atoms with van der Waals surface area (Å²) in [5, 5.41) is 0. The topological polar surface area (TPSA) is 36.9 Å². The highest BCUT2D eigenvalue weighted by Crippen LogP contribution is 2.31. The van der Waals surface area contributed by atoms with E-state index < -0.39 is 0 Å². The van der Waals surface area contributed by atoms with Crippen LogP contribution in [0.3, 0.4) is 0 Å². The summed E-state index contributed by atoms with van der Waals surface area (Å²) in [6.45, 7) is 5.67. The van der Waals surface area contributed by atoms with Crippen LogP contribution in [0.4, 0.5) is 0 Å². The first-order chi connectivity index (χ1) is 11.1. The Hall–Kier alpha value is -1.36. The molecule has 0 N–H and O–H groups in total. The lowest BCUT2D eigenvalue weighted by molar-refractivity contribution is -0.107. The van der Waals surface area contributed by atoms with Crippen LogP contribution < -0.4 is 4.74 Å². The summed E-state index contributed by atoms with van der Waals surface area (Å²) in [6, 6.07) is 7.96. The summed E-state index contributed by atoms with van der Waals surface area (Å²) in [7, 11) is 3.37. The normalized spacial score (nSPS) is 24.9. The third-order valence-electron chi connectivity index (χ3n) is 4.25. The van der Waals surface area contributed by atoms with Gasteiger partial charge in [-0.05, 0) is 42.5 Å². The van der Waals surface area contributed by atoms with Gasteiger partial charge >= 0.3 is 0 Å². The molecule has 2 rings (SSSR count). The van der Waals surface area contributed by atoms with Crippen molar-refractivity contribution in [1.29, 1.82) is 0 Å². The van der Waals surface area contributed by atoms with Gasteiger partial charge in [-0.1, -0.05) is 25.1 Å². The maximum absolute atomic E-state index is 5.89. The van der Waals surface area contributed by atoms with Crippen molar-refractivity contribution < 1.29 is 18.9 Å². The zero-order chi connectivity index (χ0) is 16.7. The van der Waals surface area contributed by atoms with Gasteiger partial charge in [0.15, 0.2) is 6.29 Å². The molecule has 0 saturated carbocycles. The Morgan fingerprint density at radius 3 is 2.61 bits per heavy atom. The molecule has 4 nitrogen and oxygen atoms in total. The highest BCUT2D eigenvalue weighted by Gasteiger charge is 2.32. The van der Waals surface area contributed by atoms with E-state index in [2.05, 4.69) is 19.9 Å². The molecule has 1 aliphatic rings. The lowest BCUT2D eigenvalue weighted by Gasteiger charge is -2.16. The van der Waals surface area contributed by atoms with Gasteiger partial charge in [0.25, 0.3) is 0 Å². The van der Waals surface area contributed by atoms with Crippen molar-refractivity contribution in [3.05, 3.63) is 41.5 Å². The van der Waals surface area contributed by atoms with Crippen molar-refractivity contribution in [3.63, 3.8) is 0 Å². The minimum atomic E-state index is -0.0651. The lowest BCUT2D eigenvalue weighted by atomic mass is 9.97. The van der Waals surface area contributed by atoms with E-state index in [4.69, 9.17) is 18.9 Å². The highest BCUT2D eigenvalue weighted by atomic mass is 16.7. The van der Waals surface area contributed by atoms with Gasteiger partial charge in [-0.3, -0.25) is 0 Å². The maximum atomic E-state index is 5.89. The predicted molar refractivity (Wildman–Crippen MR) is 90.5 cm³/mol. The average molecular weight is 320 g/mol. The van der Waals surface area contributed by atoms with Gasteiger partial charge in [0.2, 0.25) is 0 Å². The molecular formula is C19H28O4. The van der Waals surface area contributed by atoms with Crippen LogP contribution >= 0.6 is 0 Å². The van der Waals surface area contributed by atoms with Gasteiger partial charge < -0.3 is 18.9 Å². The van der Waals surface area contributed by atoms with Gasteiger partial charge in [-0.15, -0.1) is 0 Å². The quantitative estimate of drug-likeness (QED) is 0.537. The van der Waals surface area contributed by atoms with Gasteiger partial charge in [-0.2, -0.15) is 0 Å². The van der Waals surface area contributed by atoms with Gasteiger partial charge in [0.05, 0.1) is 26.4 Å². The van der Waals surface area contributed by atoms with Crippen molar-refractivity contribution in [3.8, 4) is 5.75 Å². The van der Waals surface area contributed by atoms with E-state index in [9.17, 15) is 0 Å². The molecule has 1 saturated heterocycles. The van der Waals surface area contributed by atoms with E-state index in [1.165, 1.54) is 5.57 Å². The first kappa shape index (κ1) is 18.0. The molecule has 0 aromatic heterocycles. The van der Waals surface area contributed by atoms with Crippen molar-refractivity contribution in [1.82, 2.24) is 0 Å². The molecule has 0 radical (unpaired) electrons. The molecule has 1 heterocycles. The fraction of sp³-hybridized carbons (Fsp3) is 0.579. The van der Waals surface area contributed by atoms with Crippen molar-refractivity contribution >= 4 is 0 Å². The lowest BCUT2D eigenvalue weighted by Crippen LogP contribution is -2.16. The summed E-state index contributed by atoms with van der Waals surface area (Å²) in [5.74, 6) is 1.36. The van der Waals surface area contributed by atoms with Crippen molar-refractivity contribution in [2.75, 3.05) is 20.8 Å². The molecule has 1 fully saturated rings. The van der Waals surface area contributed by atoms with E-state index in [1.54, 1.807) is 14.2 Å². The average Bonchev–Trinajstić information content (AvgIpc) is 2.96. The second-order valence-electron chi connectivity index (χ2n) is 6.07. The summed E-state index contributed by atoms with van der Waals surface area (Å²) in [4.78, 5) is 0. The fourth-order valence-electron chi connectivity index (χ4n) is 2.89. The summed E-state index contributed by atoms with van der Waals surface area (Å²) in [5.41, 5.74) is 2.42. The van der Waals surface area contributed by atoms with Crippen LogP contribution in [0.1, 0.15) is 32.3 Å². The van der Waals surface area contributed by atoms with E-state index in [1.807, 2.05) is 24.3 Å². The molecule has 3 atom stereocenters. The molecule has 0 amide bonds. The highest BCUT2D eigenvalue weighted by molar-refractivity contribution is 5.26. The molecular weight excluding hydrogens is 292 g/mol. The Balaban J connectivity index is 1.69. The van der Waals surface area contributed by atoms with Crippen molar-refractivity contribution in [2.24, 2.45) is 5.92 Å². The standard InChI is InChI=1S/C19H28O4/c1-14(19-15(2)12-18(21-4)23-19)6-5-11-22-13-16-7-9-17(20-3)10-8-16/h6-10,15,18-19H,5,11-13H2,1-4H3/b14-6+/t15-,18+,19+/m1/s1. The molecule has 23 heavy (non-hydrogen) atoms. The maximum Gasteiger partial charge on any atom is 0.158 e. The number of benzene rings is 1. The summed E-state index contributed by atoms with van der Waals surface area (Å²) in [6.07, 6.45) is 4.17. The Kier molecular flexibility index (Phi) is 7.09. The Labute approximate surface area is 139 Å². The minimum absolute atomic E-state index is 0.0651. The molecule has 128 valence electrons. The SMILES string of the molecule is COc1ccc(COCC/C=C(\C)[C@@H]2O[C@H](OC)C[C@H]2C)cc1. The largest absolute Gasteiger partial charge is 0.497 e. The van der Waals surface area contributed by atoms with E-state index >= 15 is 0 Å². The first-order valence-electron chi connectivity index (χ1n) is 8.19. The Morgan fingerprint density at radius 1 is 1.26 bits per heavy atom. The number of hydrogen-bond acceptors (Lipinski definition) is 4. The second-order valence-corrected chi connectivity index (χ2v) is 6.07. The molecule has 0 aliphatic carbocycles. The predicted octanol–water partition coefficient (Wildman–Crippen LogP) is 3.95. The van der Waals surface area contributed by atoms with Crippen LogP contribution in [-0.2, 0) is 20.8 Å². The second kappa shape index (κ2) is 9.06. The van der Waals surface area contributed by atoms with Crippen LogP contribution in [0.15, 0.2) is 35.9 Å². The van der Waals surface area contributed by atoms with Crippen LogP contribution in [0, 0.1) is 5.92 Å². The molecule has 0 spiro atoms. The number of hydrogen-bond donors (Lipinski definition) is 0. The van der Waals surface area contributed by atoms with Gasteiger partial charge in [0.1, 0.15) is 5.75 Å². The smallest absolute Gasteiger partial charge is 0.158 e. The summed E-state index contributed by atoms with van der Waals surface area (Å²) >= 11 is 0. The van der Waals surface area contributed by atoms with Gasteiger partial charge in [-0.25, -0.2) is 0 Å². The Bertz CT molecular complexity index is 495. The monoisotopic (exact) mass is 320 g/mol. The van der Waals surface area contributed by atoms with Crippen LogP contribution in [0.25, 0.3) is 0 Å². The van der Waals surface area contributed by atoms with Crippen LogP contribution in [-0.4, -0.2) is 33.2 Å². The zero-order valence-corrected chi connectivity index (χ0v) is 14.6. The molecule has 1 aliphatic heterocycles. The molecule has 0 unspecified atom stereocenters.